The van der Waals surface area contributed by atoms with Crippen molar-refractivity contribution in [1.82, 2.24) is 14.9 Å². The summed E-state index contributed by atoms with van der Waals surface area (Å²) in [5.74, 6) is 0.439. The number of ketones is 1. The Morgan fingerprint density at radius 3 is 2.51 bits per heavy atom. The average molecular weight is 508 g/mol. The lowest BCUT2D eigenvalue weighted by molar-refractivity contribution is -0.120. The number of sulfone groups is 1. The number of hydrogen-bond acceptors (Lipinski definition) is 8. The zero-order chi connectivity index (χ0) is 25.6. The average Bonchev–Trinajstić information content (AvgIpc) is 2.78. The van der Waals surface area contributed by atoms with Gasteiger partial charge < -0.3 is 9.47 Å². The maximum Gasteiger partial charge on any atom is 0.229 e. The first kappa shape index (κ1) is 27.0. The molecule has 0 bridgehead atoms. The summed E-state index contributed by atoms with van der Waals surface area (Å²) in [4.78, 5) is 22.5. The molecular weight excluding hydrogens is 473 g/mol. The van der Waals surface area contributed by atoms with E-state index in [1.807, 2.05) is 0 Å². The fourth-order valence-electron chi connectivity index (χ4n) is 3.92. The summed E-state index contributed by atoms with van der Waals surface area (Å²) < 4.78 is 49.3. The molecule has 1 aliphatic rings. The molecule has 0 saturated carbocycles. The monoisotopic (exact) mass is 507 g/mol. The van der Waals surface area contributed by atoms with Gasteiger partial charge in [-0.15, -0.1) is 0 Å². The molecule has 10 heteroatoms. The van der Waals surface area contributed by atoms with E-state index in [-0.39, 0.29) is 28.4 Å². The lowest BCUT2D eigenvalue weighted by Gasteiger charge is -2.31. The Morgan fingerprint density at radius 1 is 1.20 bits per heavy atom. The van der Waals surface area contributed by atoms with Gasteiger partial charge in [-0.05, 0) is 50.3 Å². The van der Waals surface area contributed by atoms with Crippen LogP contribution in [0.15, 0.2) is 29.4 Å². The first-order valence-electron chi connectivity index (χ1n) is 11.9. The number of carbonyl (C=O) groups is 1. The Balaban J connectivity index is 1.55. The molecule has 0 spiro atoms. The predicted octanol–water partition coefficient (Wildman–Crippen LogP) is 4.36. The second-order valence-corrected chi connectivity index (χ2v) is 11.5. The SMILES string of the molecule is Cc1c(Oc2ccc(S(C)(=O)=O)cc2F)ncnc1OC1CCN(CC(=O)CCCC(C)C)CC1. The molecule has 8 nitrogen and oxygen atoms in total. The van der Waals surface area contributed by atoms with Crippen molar-refractivity contribution in [1.29, 1.82) is 0 Å². The number of piperidine rings is 1. The Bertz CT molecular complexity index is 1130. The quantitative estimate of drug-likeness (QED) is 0.443. The second-order valence-electron chi connectivity index (χ2n) is 9.49. The largest absolute Gasteiger partial charge is 0.474 e. The van der Waals surface area contributed by atoms with Crippen LogP contribution in [0.25, 0.3) is 0 Å². The van der Waals surface area contributed by atoms with Crippen molar-refractivity contribution < 1.29 is 27.1 Å². The van der Waals surface area contributed by atoms with Crippen molar-refractivity contribution in [3.05, 3.63) is 35.9 Å². The Kier molecular flexibility index (Phi) is 9.18. The number of benzene rings is 1. The van der Waals surface area contributed by atoms with Crippen LogP contribution in [0, 0.1) is 18.7 Å². The molecule has 2 heterocycles. The number of hydrogen-bond donors (Lipinski definition) is 0. The van der Waals surface area contributed by atoms with Gasteiger partial charge in [-0.2, -0.15) is 0 Å². The molecule has 0 amide bonds. The fraction of sp³-hybridized carbons (Fsp3) is 0.560. The van der Waals surface area contributed by atoms with Gasteiger partial charge in [0, 0.05) is 25.8 Å². The summed E-state index contributed by atoms with van der Waals surface area (Å²) in [6.07, 6.45) is 6.41. The van der Waals surface area contributed by atoms with E-state index >= 15 is 0 Å². The third-order valence-electron chi connectivity index (χ3n) is 5.98. The third kappa shape index (κ3) is 7.96. The lowest BCUT2D eigenvalue weighted by atomic mass is 10.0. The van der Waals surface area contributed by atoms with Crippen LogP contribution in [0.3, 0.4) is 0 Å². The molecule has 1 fully saturated rings. The first-order valence-corrected chi connectivity index (χ1v) is 13.8. The summed E-state index contributed by atoms with van der Waals surface area (Å²) >= 11 is 0. The Labute approximate surface area is 206 Å². The number of aromatic nitrogens is 2. The molecule has 0 N–H and O–H groups in total. The molecule has 1 aromatic heterocycles. The van der Waals surface area contributed by atoms with E-state index in [0.29, 0.717) is 30.3 Å². The van der Waals surface area contributed by atoms with E-state index in [0.717, 1.165) is 51.1 Å². The molecule has 0 atom stereocenters. The number of halogens is 1. The normalized spacial score (nSPS) is 15.4. The van der Waals surface area contributed by atoms with Gasteiger partial charge in [0.2, 0.25) is 11.8 Å². The standard InChI is InChI=1S/C25H34FN3O5S/c1-17(2)6-5-7-19(30)15-29-12-10-20(11-13-29)33-24-18(3)25(28-16-27-24)34-23-9-8-21(14-22(23)26)35(4,31)32/h8-9,14,16-17,20H,5-7,10-13,15H2,1-4H3. The van der Waals surface area contributed by atoms with Gasteiger partial charge in [0.1, 0.15) is 18.2 Å². The molecular formula is C25H34FN3O5S. The number of ether oxygens (including phenoxy) is 2. The number of likely N-dealkylation sites (tertiary alicyclic amines) is 1. The summed E-state index contributed by atoms with van der Waals surface area (Å²) in [7, 11) is -3.53. The van der Waals surface area contributed by atoms with Gasteiger partial charge in [0.15, 0.2) is 21.4 Å². The number of nitrogens with zero attached hydrogens (tertiary/aromatic N) is 3. The van der Waals surface area contributed by atoms with Crippen LogP contribution in [-0.2, 0) is 14.6 Å². The number of carbonyl (C=O) groups excluding carboxylic acids is 1. The highest BCUT2D eigenvalue weighted by Gasteiger charge is 2.24. The van der Waals surface area contributed by atoms with Crippen LogP contribution < -0.4 is 9.47 Å². The van der Waals surface area contributed by atoms with E-state index in [1.165, 1.54) is 18.5 Å². The summed E-state index contributed by atoms with van der Waals surface area (Å²) in [6, 6.07) is 3.46. The van der Waals surface area contributed by atoms with Crippen molar-refractivity contribution in [3.63, 3.8) is 0 Å². The van der Waals surface area contributed by atoms with Crippen molar-refractivity contribution in [2.75, 3.05) is 25.9 Å². The third-order valence-corrected chi connectivity index (χ3v) is 7.09. The van der Waals surface area contributed by atoms with Crippen LogP contribution >= 0.6 is 0 Å². The van der Waals surface area contributed by atoms with Gasteiger partial charge >= 0.3 is 0 Å². The molecule has 192 valence electrons. The van der Waals surface area contributed by atoms with Crippen LogP contribution in [-0.4, -0.2) is 61.1 Å². The zero-order valence-electron chi connectivity index (χ0n) is 20.8. The fourth-order valence-corrected chi connectivity index (χ4v) is 4.55. The van der Waals surface area contributed by atoms with E-state index in [1.54, 1.807) is 6.92 Å². The zero-order valence-corrected chi connectivity index (χ0v) is 21.6. The van der Waals surface area contributed by atoms with E-state index in [9.17, 15) is 17.6 Å². The number of rotatable bonds is 11. The van der Waals surface area contributed by atoms with Crippen LogP contribution in [0.2, 0.25) is 0 Å². The predicted molar refractivity (Wildman–Crippen MR) is 130 cm³/mol. The molecule has 1 aromatic carbocycles. The summed E-state index contributed by atoms with van der Waals surface area (Å²) in [6.45, 7) is 8.08. The summed E-state index contributed by atoms with van der Waals surface area (Å²) in [5, 5.41) is 0. The van der Waals surface area contributed by atoms with E-state index in [2.05, 4.69) is 28.7 Å². The molecule has 0 radical (unpaired) electrons. The van der Waals surface area contributed by atoms with E-state index < -0.39 is 15.7 Å². The minimum Gasteiger partial charge on any atom is -0.474 e. The molecule has 0 unspecified atom stereocenters. The summed E-state index contributed by atoms with van der Waals surface area (Å²) in [5.41, 5.74) is 0.516. The molecule has 2 aromatic rings. The van der Waals surface area contributed by atoms with Gasteiger partial charge in [-0.1, -0.05) is 20.3 Å². The van der Waals surface area contributed by atoms with Crippen molar-refractivity contribution >= 4 is 15.6 Å². The Hall–Kier alpha value is -2.59. The molecule has 1 saturated heterocycles. The lowest BCUT2D eigenvalue weighted by Crippen LogP contribution is -2.41. The minimum absolute atomic E-state index is 0.0606. The van der Waals surface area contributed by atoms with Gasteiger partial charge in [0.05, 0.1) is 17.0 Å². The van der Waals surface area contributed by atoms with Gasteiger partial charge in [0.25, 0.3) is 0 Å². The van der Waals surface area contributed by atoms with Crippen LogP contribution in [0.4, 0.5) is 4.39 Å². The second kappa shape index (κ2) is 11.9. The minimum atomic E-state index is -3.53. The highest BCUT2D eigenvalue weighted by Crippen LogP contribution is 2.31. The van der Waals surface area contributed by atoms with Crippen molar-refractivity contribution in [3.8, 4) is 17.5 Å². The van der Waals surface area contributed by atoms with Gasteiger partial charge in [-0.25, -0.2) is 22.8 Å². The molecule has 35 heavy (non-hydrogen) atoms. The van der Waals surface area contributed by atoms with Crippen molar-refractivity contribution in [2.24, 2.45) is 5.92 Å². The maximum absolute atomic E-state index is 14.4. The van der Waals surface area contributed by atoms with Crippen molar-refractivity contribution in [2.45, 2.75) is 63.9 Å². The smallest absolute Gasteiger partial charge is 0.229 e. The highest BCUT2D eigenvalue weighted by atomic mass is 32.2. The molecule has 0 aliphatic carbocycles. The maximum atomic E-state index is 14.4. The molecule has 1 aliphatic heterocycles. The topological polar surface area (TPSA) is 98.7 Å². The van der Waals surface area contributed by atoms with Crippen LogP contribution in [0.5, 0.6) is 17.5 Å². The van der Waals surface area contributed by atoms with E-state index in [4.69, 9.17) is 9.47 Å². The first-order chi connectivity index (χ1) is 16.5. The van der Waals surface area contributed by atoms with Crippen LogP contribution in [0.1, 0.15) is 51.5 Å². The van der Waals surface area contributed by atoms with Gasteiger partial charge in [-0.3, -0.25) is 9.69 Å². The number of Topliss-reactive ketones (excluding diaryl/α,β-unsaturated/α-hetero) is 1. The Morgan fingerprint density at radius 2 is 1.89 bits per heavy atom. The highest BCUT2D eigenvalue weighted by molar-refractivity contribution is 7.90. The molecule has 3 rings (SSSR count).